The average molecular weight is 281 g/mol. The number of aliphatic hydroxyl groups is 1. The van der Waals surface area contributed by atoms with Crippen molar-refractivity contribution >= 4 is 25.6 Å². The lowest BCUT2D eigenvalue weighted by atomic mass is 10.3. The monoisotopic (exact) mass is 281 g/mol. The van der Waals surface area contributed by atoms with Gasteiger partial charge in [-0.25, -0.2) is 8.42 Å². The zero-order valence-electron chi connectivity index (χ0n) is 8.57. The van der Waals surface area contributed by atoms with Crippen molar-refractivity contribution in [3.63, 3.8) is 0 Å². The van der Waals surface area contributed by atoms with Gasteiger partial charge in [0.1, 0.15) is 4.90 Å². The molecule has 0 aliphatic carbocycles. The number of rotatable bonds is 4. The van der Waals surface area contributed by atoms with Gasteiger partial charge in [0, 0.05) is 0 Å². The van der Waals surface area contributed by atoms with E-state index in [-0.39, 0.29) is 10.6 Å². The molecule has 0 bridgehead atoms. The fraction of sp³-hybridized carbons (Fsp3) is 0.250. The van der Waals surface area contributed by atoms with Crippen molar-refractivity contribution in [2.24, 2.45) is 0 Å². The molecule has 0 aliphatic rings. The van der Waals surface area contributed by atoms with Crippen LogP contribution < -0.4 is 5.73 Å². The molecule has 96 valence electrons. The van der Waals surface area contributed by atoms with Gasteiger partial charge in [0.05, 0.1) is 22.9 Å². The topological polar surface area (TPSA) is 135 Å². The van der Waals surface area contributed by atoms with Crippen molar-refractivity contribution in [2.45, 2.75) is 9.79 Å². The summed E-state index contributed by atoms with van der Waals surface area (Å²) < 4.78 is 53.8. The summed E-state index contributed by atoms with van der Waals surface area (Å²) in [5.41, 5.74) is 5.06. The largest absolute Gasteiger partial charge is 0.398 e. The first-order valence-corrected chi connectivity index (χ1v) is 7.48. The average Bonchev–Trinajstić information content (AvgIpc) is 2.15. The summed E-state index contributed by atoms with van der Waals surface area (Å²) in [5.74, 6) is -0.540. The number of nitrogens with two attached hydrogens (primary N) is 1. The Morgan fingerprint density at radius 3 is 2.24 bits per heavy atom. The Labute approximate surface area is 98.5 Å². The van der Waals surface area contributed by atoms with Gasteiger partial charge in [-0.15, -0.1) is 0 Å². The first-order chi connectivity index (χ1) is 7.68. The van der Waals surface area contributed by atoms with Crippen LogP contribution in [0, 0.1) is 0 Å². The lowest BCUT2D eigenvalue weighted by molar-refractivity contribution is 0.319. The van der Waals surface area contributed by atoms with E-state index < -0.39 is 37.2 Å². The Bertz CT molecular complexity index is 619. The van der Waals surface area contributed by atoms with Gasteiger partial charge in [0.15, 0.2) is 9.84 Å². The highest BCUT2D eigenvalue weighted by molar-refractivity contribution is 7.91. The first kappa shape index (κ1) is 13.9. The molecule has 0 spiro atoms. The zero-order chi connectivity index (χ0) is 13.3. The van der Waals surface area contributed by atoms with Crippen molar-refractivity contribution in [1.29, 1.82) is 0 Å². The minimum Gasteiger partial charge on any atom is -0.398 e. The van der Waals surface area contributed by atoms with Crippen LogP contribution in [0.2, 0.25) is 0 Å². The second-order valence-corrected chi connectivity index (χ2v) is 6.72. The minimum absolute atomic E-state index is 0.254. The Hall–Kier alpha value is -1.16. The van der Waals surface area contributed by atoms with Crippen LogP contribution in [0.25, 0.3) is 0 Å². The second-order valence-electron chi connectivity index (χ2n) is 3.22. The third kappa shape index (κ3) is 3.16. The number of sulfone groups is 1. The number of hydrogen-bond acceptors (Lipinski definition) is 6. The van der Waals surface area contributed by atoms with Crippen LogP contribution in [0.1, 0.15) is 0 Å². The molecule has 0 aromatic heterocycles. The SMILES string of the molecule is Nc1ccc(S(=O)(=O)CCO)cc1S(=O)(=O)O. The van der Waals surface area contributed by atoms with Crippen LogP contribution in [0.3, 0.4) is 0 Å². The van der Waals surface area contributed by atoms with E-state index >= 15 is 0 Å². The van der Waals surface area contributed by atoms with Crippen LogP contribution in [0.5, 0.6) is 0 Å². The van der Waals surface area contributed by atoms with Crippen molar-refractivity contribution in [2.75, 3.05) is 18.1 Å². The maximum absolute atomic E-state index is 11.5. The van der Waals surface area contributed by atoms with Crippen LogP contribution >= 0.6 is 0 Å². The van der Waals surface area contributed by atoms with E-state index in [4.69, 9.17) is 15.4 Å². The summed E-state index contributed by atoms with van der Waals surface area (Å²) in [6.45, 7) is -0.589. The van der Waals surface area contributed by atoms with Gasteiger partial charge >= 0.3 is 0 Å². The molecule has 7 nitrogen and oxygen atoms in total. The Morgan fingerprint density at radius 2 is 1.76 bits per heavy atom. The minimum atomic E-state index is -4.58. The molecule has 0 saturated heterocycles. The molecule has 17 heavy (non-hydrogen) atoms. The second kappa shape index (κ2) is 4.61. The molecule has 0 aliphatic heterocycles. The molecule has 0 unspecified atom stereocenters. The van der Waals surface area contributed by atoms with Crippen molar-refractivity contribution in [3.8, 4) is 0 Å². The van der Waals surface area contributed by atoms with Crippen molar-refractivity contribution in [3.05, 3.63) is 18.2 Å². The van der Waals surface area contributed by atoms with Gasteiger partial charge in [-0.2, -0.15) is 8.42 Å². The number of aliphatic hydroxyl groups excluding tert-OH is 1. The molecule has 0 atom stereocenters. The molecule has 9 heteroatoms. The molecule has 1 aromatic carbocycles. The van der Waals surface area contributed by atoms with E-state index in [9.17, 15) is 16.8 Å². The number of hydrogen-bond donors (Lipinski definition) is 3. The predicted octanol–water partition coefficient (Wildman–Crippen LogP) is -0.718. The van der Waals surface area contributed by atoms with Gasteiger partial charge in [0.2, 0.25) is 0 Å². The number of nitrogen functional groups attached to an aromatic ring is 1. The quantitative estimate of drug-likeness (QED) is 0.489. The number of benzene rings is 1. The van der Waals surface area contributed by atoms with E-state index in [0.717, 1.165) is 18.2 Å². The molecule has 0 saturated carbocycles. The maximum atomic E-state index is 11.5. The van der Waals surface area contributed by atoms with Crippen LogP contribution in [-0.4, -0.2) is 38.9 Å². The Balaban J connectivity index is 3.43. The fourth-order valence-electron chi connectivity index (χ4n) is 1.17. The lowest BCUT2D eigenvalue weighted by Gasteiger charge is -2.06. The summed E-state index contributed by atoms with van der Waals surface area (Å²) in [6, 6.07) is 2.93. The maximum Gasteiger partial charge on any atom is 0.296 e. The molecule has 0 amide bonds. The molecule has 1 aromatic rings. The highest BCUT2D eigenvalue weighted by Gasteiger charge is 2.20. The van der Waals surface area contributed by atoms with Crippen LogP contribution in [0.4, 0.5) is 5.69 Å². The van der Waals surface area contributed by atoms with Gasteiger partial charge in [0.25, 0.3) is 10.1 Å². The van der Waals surface area contributed by atoms with Crippen LogP contribution in [-0.2, 0) is 20.0 Å². The highest BCUT2D eigenvalue weighted by Crippen LogP contribution is 2.22. The molecule has 0 radical (unpaired) electrons. The zero-order valence-corrected chi connectivity index (χ0v) is 10.2. The summed E-state index contributed by atoms with van der Waals surface area (Å²) in [5, 5.41) is 8.58. The van der Waals surface area contributed by atoms with Gasteiger partial charge in [-0.05, 0) is 18.2 Å². The first-order valence-electron chi connectivity index (χ1n) is 4.39. The fourth-order valence-corrected chi connectivity index (χ4v) is 2.93. The van der Waals surface area contributed by atoms with Crippen molar-refractivity contribution in [1.82, 2.24) is 0 Å². The lowest BCUT2D eigenvalue weighted by Crippen LogP contribution is -2.12. The Kier molecular flexibility index (Phi) is 3.77. The molecule has 0 fully saturated rings. The summed E-state index contributed by atoms with van der Waals surface area (Å²) in [6.07, 6.45) is 0. The Morgan fingerprint density at radius 1 is 1.18 bits per heavy atom. The standard InChI is InChI=1S/C8H11NO6S2/c9-7-2-1-6(16(11,12)4-3-10)5-8(7)17(13,14)15/h1-2,5,10H,3-4,9H2,(H,13,14,15). The molecular formula is C8H11NO6S2. The predicted molar refractivity (Wildman–Crippen MR) is 59.8 cm³/mol. The van der Waals surface area contributed by atoms with Crippen LogP contribution in [0.15, 0.2) is 28.0 Å². The molecule has 0 heterocycles. The number of anilines is 1. The van der Waals surface area contributed by atoms with E-state index in [2.05, 4.69) is 0 Å². The van der Waals surface area contributed by atoms with Gasteiger partial charge in [-0.1, -0.05) is 0 Å². The van der Waals surface area contributed by atoms with E-state index in [0.29, 0.717) is 0 Å². The summed E-state index contributed by atoms with van der Waals surface area (Å²) in [7, 11) is -8.37. The van der Waals surface area contributed by atoms with Gasteiger partial charge in [-0.3, -0.25) is 4.55 Å². The molecule has 1 rings (SSSR count). The summed E-state index contributed by atoms with van der Waals surface area (Å²) in [4.78, 5) is -0.995. The third-order valence-corrected chi connectivity index (χ3v) is 4.58. The van der Waals surface area contributed by atoms with Gasteiger partial charge < -0.3 is 10.8 Å². The smallest absolute Gasteiger partial charge is 0.296 e. The van der Waals surface area contributed by atoms with E-state index in [1.807, 2.05) is 0 Å². The summed E-state index contributed by atoms with van der Waals surface area (Å²) >= 11 is 0. The normalized spacial score (nSPS) is 12.6. The highest BCUT2D eigenvalue weighted by atomic mass is 32.2. The van der Waals surface area contributed by atoms with Crippen molar-refractivity contribution < 1.29 is 26.5 Å². The third-order valence-electron chi connectivity index (χ3n) is 1.98. The molecule has 4 N–H and O–H groups in total. The van der Waals surface area contributed by atoms with E-state index in [1.54, 1.807) is 0 Å². The van der Waals surface area contributed by atoms with E-state index in [1.165, 1.54) is 0 Å². The molecular weight excluding hydrogens is 270 g/mol.